The van der Waals surface area contributed by atoms with E-state index in [1.165, 1.54) is 0 Å². The fourth-order valence-electron chi connectivity index (χ4n) is 1.95. The van der Waals surface area contributed by atoms with Crippen LogP contribution in [0.15, 0.2) is 30.3 Å². The summed E-state index contributed by atoms with van der Waals surface area (Å²) in [6, 6.07) is 9.50. The number of nitrogens with one attached hydrogen (secondary N) is 1. The number of aromatic nitrogens is 2. The third-order valence-corrected chi connectivity index (χ3v) is 2.76. The molecule has 1 aromatic heterocycles. The predicted octanol–water partition coefficient (Wildman–Crippen LogP) is 3.54. The van der Waals surface area contributed by atoms with Crippen LogP contribution in [-0.2, 0) is 6.42 Å². The largest absolute Gasteiger partial charge is 0.491 e. The van der Waals surface area contributed by atoms with E-state index in [2.05, 4.69) is 22.2 Å². The first-order chi connectivity index (χ1) is 10.1. The molecule has 0 amide bonds. The summed E-state index contributed by atoms with van der Waals surface area (Å²) in [5.41, 5.74) is 6.75. The molecule has 0 aliphatic rings. The molecular formula is C16H22N4O. The highest BCUT2D eigenvalue weighted by Crippen LogP contribution is 2.20. The van der Waals surface area contributed by atoms with Crippen molar-refractivity contribution in [3.63, 3.8) is 0 Å². The Hall–Kier alpha value is -2.30. The van der Waals surface area contributed by atoms with Crippen molar-refractivity contribution in [3.05, 3.63) is 36.2 Å². The molecule has 0 radical (unpaired) electrons. The van der Waals surface area contributed by atoms with Crippen LogP contribution in [0.3, 0.4) is 0 Å². The number of hydrogen-bond donors (Lipinski definition) is 2. The maximum absolute atomic E-state index is 5.81. The number of anilines is 3. The van der Waals surface area contributed by atoms with Gasteiger partial charge in [0.15, 0.2) is 0 Å². The monoisotopic (exact) mass is 286 g/mol. The fourth-order valence-corrected chi connectivity index (χ4v) is 1.95. The van der Waals surface area contributed by atoms with Gasteiger partial charge in [0.25, 0.3) is 0 Å². The van der Waals surface area contributed by atoms with E-state index in [9.17, 15) is 0 Å². The summed E-state index contributed by atoms with van der Waals surface area (Å²) in [6.07, 6.45) is 1.98. The molecule has 0 aliphatic heterocycles. The Morgan fingerprint density at radius 1 is 1.19 bits per heavy atom. The minimum Gasteiger partial charge on any atom is -0.491 e. The third-order valence-electron chi connectivity index (χ3n) is 2.76. The van der Waals surface area contributed by atoms with Crippen LogP contribution in [0, 0.1) is 0 Å². The number of benzene rings is 1. The Morgan fingerprint density at radius 3 is 2.52 bits per heavy atom. The molecule has 0 unspecified atom stereocenters. The fraction of sp³-hybridized carbons (Fsp3) is 0.375. The van der Waals surface area contributed by atoms with Gasteiger partial charge in [-0.25, -0.2) is 9.97 Å². The van der Waals surface area contributed by atoms with Gasteiger partial charge in [-0.2, -0.15) is 0 Å². The van der Waals surface area contributed by atoms with E-state index in [1.54, 1.807) is 6.07 Å². The Kier molecular flexibility index (Phi) is 4.98. The maximum Gasteiger partial charge on any atom is 0.136 e. The van der Waals surface area contributed by atoms with Crippen molar-refractivity contribution in [3.8, 4) is 5.75 Å². The minimum absolute atomic E-state index is 0.169. The Labute approximate surface area is 125 Å². The zero-order valence-corrected chi connectivity index (χ0v) is 12.8. The second-order valence-electron chi connectivity index (χ2n) is 5.16. The van der Waals surface area contributed by atoms with Crippen LogP contribution in [0.2, 0.25) is 0 Å². The van der Waals surface area contributed by atoms with Gasteiger partial charge in [-0.15, -0.1) is 0 Å². The molecule has 0 aliphatic carbocycles. The second kappa shape index (κ2) is 6.92. The van der Waals surface area contributed by atoms with Crippen LogP contribution >= 0.6 is 0 Å². The van der Waals surface area contributed by atoms with Crippen molar-refractivity contribution in [2.24, 2.45) is 0 Å². The van der Waals surface area contributed by atoms with Gasteiger partial charge in [0, 0.05) is 18.2 Å². The molecule has 1 aromatic carbocycles. The summed E-state index contributed by atoms with van der Waals surface area (Å²) in [6.45, 7) is 6.10. The van der Waals surface area contributed by atoms with Crippen LogP contribution < -0.4 is 15.8 Å². The number of ether oxygens (including phenoxy) is 1. The van der Waals surface area contributed by atoms with Gasteiger partial charge in [-0.1, -0.05) is 6.92 Å². The van der Waals surface area contributed by atoms with E-state index < -0.39 is 0 Å². The van der Waals surface area contributed by atoms with Crippen molar-refractivity contribution in [1.29, 1.82) is 0 Å². The van der Waals surface area contributed by atoms with E-state index >= 15 is 0 Å². The van der Waals surface area contributed by atoms with Crippen LogP contribution in [0.5, 0.6) is 5.75 Å². The van der Waals surface area contributed by atoms with Crippen molar-refractivity contribution in [2.45, 2.75) is 39.7 Å². The number of nitrogens with zero attached hydrogens (tertiary/aromatic N) is 2. The van der Waals surface area contributed by atoms with E-state index in [0.717, 1.165) is 30.1 Å². The summed E-state index contributed by atoms with van der Waals surface area (Å²) in [5.74, 6) is 2.81. The molecule has 0 bridgehead atoms. The summed E-state index contributed by atoms with van der Waals surface area (Å²) in [7, 11) is 0. The molecule has 2 aromatic rings. The molecular weight excluding hydrogens is 264 g/mol. The molecule has 0 fully saturated rings. The first-order valence-corrected chi connectivity index (χ1v) is 7.24. The molecule has 5 nitrogen and oxygen atoms in total. The standard InChI is InChI=1S/C16H22N4O/c1-4-5-15-19-14(17)10-16(20-15)18-12-6-8-13(9-7-12)21-11(2)3/h6-11H,4-5H2,1-3H3,(H3,17,18,19,20). The molecule has 5 heteroatoms. The zero-order valence-electron chi connectivity index (χ0n) is 12.8. The van der Waals surface area contributed by atoms with Gasteiger partial charge in [0.1, 0.15) is 23.2 Å². The SMILES string of the molecule is CCCc1nc(N)cc(Nc2ccc(OC(C)C)cc2)n1. The smallest absolute Gasteiger partial charge is 0.136 e. The number of nitrogens with two attached hydrogens (primary N) is 1. The first-order valence-electron chi connectivity index (χ1n) is 7.24. The maximum atomic E-state index is 5.81. The Morgan fingerprint density at radius 2 is 1.90 bits per heavy atom. The molecule has 0 saturated heterocycles. The van der Waals surface area contributed by atoms with Crippen molar-refractivity contribution in [2.75, 3.05) is 11.1 Å². The van der Waals surface area contributed by atoms with Gasteiger partial charge < -0.3 is 15.8 Å². The van der Waals surface area contributed by atoms with Crippen LogP contribution in [0.1, 0.15) is 33.0 Å². The highest BCUT2D eigenvalue weighted by atomic mass is 16.5. The first kappa shape index (κ1) is 15.1. The summed E-state index contributed by atoms with van der Waals surface area (Å²) >= 11 is 0. The number of aryl methyl sites for hydroxylation is 1. The highest BCUT2D eigenvalue weighted by Gasteiger charge is 2.03. The number of nitrogen functional groups attached to an aromatic ring is 1. The lowest BCUT2D eigenvalue weighted by molar-refractivity contribution is 0.242. The molecule has 3 N–H and O–H groups in total. The molecule has 2 rings (SSSR count). The summed E-state index contributed by atoms with van der Waals surface area (Å²) in [4.78, 5) is 8.67. The van der Waals surface area contributed by atoms with Gasteiger partial charge in [-0.05, 0) is 44.5 Å². The highest BCUT2D eigenvalue weighted by molar-refractivity contribution is 5.59. The van der Waals surface area contributed by atoms with Crippen LogP contribution in [0.4, 0.5) is 17.3 Å². The lowest BCUT2D eigenvalue weighted by Crippen LogP contribution is -2.05. The lowest BCUT2D eigenvalue weighted by Gasteiger charge is -2.11. The van der Waals surface area contributed by atoms with Gasteiger partial charge >= 0.3 is 0 Å². The van der Waals surface area contributed by atoms with Crippen molar-refractivity contribution in [1.82, 2.24) is 9.97 Å². The molecule has 0 saturated carbocycles. The summed E-state index contributed by atoms with van der Waals surface area (Å²) < 4.78 is 5.62. The quantitative estimate of drug-likeness (QED) is 0.849. The molecule has 1 heterocycles. The second-order valence-corrected chi connectivity index (χ2v) is 5.16. The average Bonchev–Trinajstić information content (AvgIpc) is 2.40. The van der Waals surface area contributed by atoms with Crippen molar-refractivity contribution < 1.29 is 4.74 Å². The van der Waals surface area contributed by atoms with E-state index in [1.807, 2.05) is 38.1 Å². The molecule has 21 heavy (non-hydrogen) atoms. The third kappa shape index (κ3) is 4.63. The normalized spacial score (nSPS) is 10.7. The average molecular weight is 286 g/mol. The van der Waals surface area contributed by atoms with E-state index in [0.29, 0.717) is 11.6 Å². The number of hydrogen-bond acceptors (Lipinski definition) is 5. The van der Waals surface area contributed by atoms with Gasteiger partial charge in [0.2, 0.25) is 0 Å². The zero-order chi connectivity index (χ0) is 15.2. The summed E-state index contributed by atoms with van der Waals surface area (Å²) in [5, 5.41) is 3.24. The predicted molar refractivity (Wildman–Crippen MR) is 85.9 cm³/mol. The molecule has 0 spiro atoms. The van der Waals surface area contributed by atoms with Crippen LogP contribution in [0.25, 0.3) is 0 Å². The van der Waals surface area contributed by atoms with Gasteiger partial charge in [-0.3, -0.25) is 0 Å². The molecule has 0 atom stereocenters. The van der Waals surface area contributed by atoms with Crippen LogP contribution in [-0.4, -0.2) is 16.1 Å². The Bertz CT molecular complexity index is 581. The molecule has 112 valence electrons. The van der Waals surface area contributed by atoms with E-state index in [-0.39, 0.29) is 6.10 Å². The Balaban J connectivity index is 2.10. The van der Waals surface area contributed by atoms with Gasteiger partial charge in [0.05, 0.1) is 6.10 Å². The topological polar surface area (TPSA) is 73.1 Å². The number of rotatable bonds is 6. The lowest BCUT2D eigenvalue weighted by atomic mass is 10.3. The van der Waals surface area contributed by atoms with Crippen molar-refractivity contribution >= 4 is 17.3 Å². The van der Waals surface area contributed by atoms with E-state index in [4.69, 9.17) is 10.5 Å². The minimum atomic E-state index is 0.169.